The minimum Gasteiger partial charge on any atom is -0.377 e. The Hall–Kier alpha value is -0.870. The Morgan fingerprint density at radius 2 is 2.00 bits per heavy atom. The topological polar surface area (TPSA) is 74.8 Å². The molecular weight excluding hydrogens is 499 g/mol. The van der Waals surface area contributed by atoms with Gasteiger partial charge in [-0.25, -0.2) is 4.99 Å². The number of carbonyl (C=O) groups excluding carboxylic acids is 1. The second-order valence-electron chi connectivity index (χ2n) is 6.02. The fraction of sp³-hybridized carbons (Fsp3) is 0.529. The minimum absolute atomic E-state index is 0. The van der Waals surface area contributed by atoms with Gasteiger partial charge in [0.15, 0.2) is 5.96 Å². The lowest BCUT2D eigenvalue weighted by molar-refractivity contribution is -0.114. The summed E-state index contributed by atoms with van der Waals surface area (Å²) in [6.07, 6.45) is 0. The molecule has 3 N–H and O–H groups in total. The van der Waals surface area contributed by atoms with E-state index in [2.05, 4.69) is 36.9 Å². The van der Waals surface area contributed by atoms with E-state index in [9.17, 15) is 4.79 Å². The van der Waals surface area contributed by atoms with Gasteiger partial charge in [0.25, 0.3) is 0 Å². The third-order valence-corrected chi connectivity index (χ3v) is 3.93. The molecule has 0 bridgehead atoms. The van der Waals surface area contributed by atoms with E-state index in [4.69, 9.17) is 4.74 Å². The maximum absolute atomic E-state index is 12.1. The molecule has 0 spiro atoms. The maximum Gasteiger partial charge on any atom is 0.246 e. The van der Waals surface area contributed by atoms with Gasteiger partial charge in [0.1, 0.15) is 6.54 Å². The lowest BCUT2D eigenvalue weighted by Gasteiger charge is -2.24. The summed E-state index contributed by atoms with van der Waals surface area (Å²) in [5, 5.41) is 9.17. The summed E-state index contributed by atoms with van der Waals surface area (Å²) in [6.45, 7) is 9.22. The molecule has 0 aliphatic rings. The fourth-order valence-corrected chi connectivity index (χ4v) is 2.14. The molecule has 0 unspecified atom stereocenters. The first-order valence-electron chi connectivity index (χ1n) is 7.90. The van der Waals surface area contributed by atoms with Crippen molar-refractivity contribution in [3.8, 4) is 0 Å². The van der Waals surface area contributed by atoms with Crippen LogP contribution in [0.15, 0.2) is 27.7 Å². The standard InChI is InChI=1S/C17H27BrN4O2.HI/c1-6-19-16(21-11-17(3,4)24-5)20-10-15(23)22-14-9-13(18)8-7-12(14)2;/h7-9H,6,10-11H2,1-5H3,(H,22,23)(H2,19,20,21);1H. The number of hydrogen-bond donors (Lipinski definition) is 3. The monoisotopic (exact) mass is 526 g/mol. The molecule has 1 aromatic rings. The van der Waals surface area contributed by atoms with Gasteiger partial charge in [-0.2, -0.15) is 0 Å². The Morgan fingerprint density at radius 1 is 1.32 bits per heavy atom. The molecule has 25 heavy (non-hydrogen) atoms. The van der Waals surface area contributed by atoms with Crippen LogP contribution in [-0.2, 0) is 9.53 Å². The van der Waals surface area contributed by atoms with Gasteiger partial charge < -0.3 is 20.7 Å². The van der Waals surface area contributed by atoms with Gasteiger partial charge in [-0.15, -0.1) is 24.0 Å². The molecule has 0 aromatic heterocycles. The van der Waals surface area contributed by atoms with Crippen LogP contribution in [0.4, 0.5) is 5.69 Å². The molecule has 0 radical (unpaired) electrons. The number of carbonyl (C=O) groups is 1. The van der Waals surface area contributed by atoms with Crippen molar-refractivity contribution < 1.29 is 9.53 Å². The van der Waals surface area contributed by atoms with Crippen molar-refractivity contribution in [1.82, 2.24) is 10.6 Å². The summed E-state index contributed by atoms with van der Waals surface area (Å²) < 4.78 is 6.29. The first kappa shape index (κ1) is 24.1. The highest BCUT2D eigenvalue weighted by Gasteiger charge is 2.16. The van der Waals surface area contributed by atoms with Crippen molar-refractivity contribution in [2.24, 2.45) is 4.99 Å². The smallest absolute Gasteiger partial charge is 0.246 e. The SMILES string of the molecule is CCNC(=NCC(=O)Nc1cc(Br)ccc1C)NCC(C)(C)OC.I. The van der Waals surface area contributed by atoms with Gasteiger partial charge in [0.05, 0.1) is 5.60 Å². The van der Waals surface area contributed by atoms with Crippen molar-refractivity contribution in [3.05, 3.63) is 28.2 Å². The number of aliphatic imine (C=N–C) groups is 1. The predicted octanol–water partition coefficient (Wildman–Crippen LogP) is 3.29. The van der Waals surface area contributed by atoms with E-state index >= 15 is 0 Å². The number of nitrogens with one attached hydrogen (secondary N) is 3. The van der Waals surface area contributed by atoms with Crippen LogP contribution >= 0.6 is 39.9 Å². The fourth-order valence-electron chi connectivity index (χ4n) is 1.78. The van der Waals surface area contributed by atoms with Crippen LogP contribution in [0.1, 0.15) is 26.3 Å². The van der Waals surface area contributed by atoms with E-state index in [-0.39, 0.29) is 42.0 Å². The highest BCUT2D eigenvalue weighted by molar-refractivity contribution is 14.0. The number of aryl methyl sites for hydroxylation is 1. The van der Waals surface area contributed by atoms with E-state index in [0.29, 0.717) is 19.0 Å². The number of halogens is 2. The molecular formula is C17H28BrIN4O2. The summed E-state index contributed by atoms with van der Waals surface area (Å²) >= 11 is 3.40. The summed E-state index contributed by atoms with van der Waals surface area (Å²) in [6, 6.07) is 5.76. The van der Waals surface area contributed by atoms with Gasteiger partial charge in [0, 0.05) is 30.4 Å². The van der Waals surface area contributed by atoms with Crippen molar-refractivity contribution >= 4 is 57.5 Å². The number of methoxy groups -OCH3 is 1. The van der Waals surface area contributed by atoms with E-state index in [1.54, 1.807) is 7.11 Å². The number of rotatable bonds is 7. The van der Waals surface area contributed by atoms with Crippen molar-refractivity contribution in [3.63, 3.8) is 0 Å². The molecule has 1 aromatic carbocycles. The Morgan fingerprint density at radius 3 is 2.60 bits per heavy atom. The molecule has 8 heteroatoms. The quantitative estimate of drug-likeness (QED) is 0.289. The van der Waals surface area contributed by atoms with Crippen LogP contribution in [0, 0.1) is 6.92 Å². The molecule has 6 nitrogen and oxygen atoms in total. The largest absolute Gasteiger partial charge is 0.377 e. The number of nitrogens with zero attached hydrogens (tertiary/aromatic N) is 1. The molecule has 0 heterocycles. The Balaban J connectivity index is 0.00000576. The lowest BCUT2D eigenvalue weighted by atomic mass is 10.1. The molecule has 1 rings (SSSR count). The number of benzene rings is 1. The molecule has 0 fully saturated rings. The molecule has 0 aliphatic carbocycles. The van der Waals surface area contributed by atoms with Gasteiger partial charge >= 0.3 is 0 Å². The molecule has 0 aliphatic heterocycles. The first-order chi connectivity index (χ1) is 11.3. The van der Waals surface area contributed by atoms with Crippen LogP contribution in [0.5, 0.6) is 0 Å². The molecule has 142 valence electrons. The Labute approximate surface area is 175 Å². The Bertz CT molecular complexity index is 594. The van der Waals surface area contributed by atoms with E-state index in [0.717, 1.165) is 15.7 Å². The second-order valence-corrected chi connectivity index (χ2v) is 6.94. The number of amides is 1. The van der Waals surface area contributed by atoms with E-state index in [1.807, 2.05) is 45.9 Å². The van der Waals surface area contributed by atoms with Crippen LogP contribution in [0.3, 0.4) is 0 Å². The van der Waals surface area contributed by atoms with Crippen molar-refractivity contribution in [2.45, 2.75) is 33.3 Å². The van der Waals surface area contributed by atoms with Crippen LogP contribution in [0.25, 0.3) is 0 Å². The second kappa shape index (κ2) is 11.7. The predicted molar refractivity (Wildman–Crippen MR) is 118 cm³/mol. The minimum atomic E-state index is -0.314. The van der Waals surface area contributed by atoms with Gasteiger partial charge in [-0.05, 0) is 45.4 Å². The van der Waals surface area contributed by atoms with E-state index in [1.165, 1.54) is 0 Å². The molecule has 0 atom stereocenters. The average molecular weight is 527 g/mol. The summed E-state index contributed by atoms with van der Waals surface area (Å²) in [5.41, 5.74) is 1.47. The van der Waals surface area contributed by atoms with Crippen molar-refractivity contribution in [1.29, 1.82) is 0 Å². The summed E-state index contributed by atoms with van der Waals surface area (Å²) in [7, 11) is 1.67. The number of hydrogen-bond acceptors (Lipinski definition) is 3. The van der Waals surface area contributed by atoms with Gasteiger partial charge in [0.2, 0.25) is 5.91 Å². The highest BCUT2D eigenvalue weighted by Crippen LogP contribution is 2.20. The Kier molecular flexibility index (Phi) is 11.3. The third kappa shape index (κ3) is 9.41. The summed E-state index contributed by atoms with van der Waals surface area (Å²) in [4.78, 5) is 16.4. The number of guanidine groups is 1. The highest BCUT2D eigenvalue weighted by atomic mass is 127. The number of ether oxygens (including phenoxy) is 1. The van der Waals surface area contributed by atoms with E-state index < -0.39 is 0 Å². The summed E-state index contributed by atoms with van der Waals surface area (Å²) in [5.74, 6) is 0.420. The third-order valence-electron chi connectivity index (χ3n) is 3.43. The van der Waals surface area contributed by atoms with Crippen LogP contribution in [-0.4, -0.2) is 44.2 Å². The molecule has 1 amide bonds. The molecule has 0 saturated heterocycles. The van der Waals surface area contributed by atoms with Gasteiger partial charge in [-0.3, -0.25) is 4.79 Å². The molecule has 0 saturated carbocycles. The van der Waals surface area contributed by atoms with Crippen LogP contribution < -0.4 is 16.0 Å². The zero-order chi connectivity index (χ0) is 18.2. The first-order valence-corrected chi connectivity index (χ1v) is 8.70. The van der Waals surface area contributed by atoms with Crippen LogP contribution in [0.2, 0.25) is 0 Å². The normalized spacial score (nSPS) is 11.5. The van der Waals surface area contributed by atoms with Gasteiger partial charge in [-0.1, -0.05) is 22.0 Å². The zero-order valence-electron chi connectivity index (χ0n) is 15.4. The number of anilines is 1. The average Bonchev–Trinajstić information content (AvgIpc) is 2.53. The lowest BCUT2D eigenvalue weighted by Crippen LogP contribution is -2.45. The van der Waals surface area contributed by atoms with Crippen molar-refractivity contribution in [2.75, 3.05) is 32.1 Å². The zero-order valence-corrected chi connectivity index (χ0v) is 19.3. The maximum atomic E-state index is 12.1.